The van der Waals surface area contributed by atoms with Crippen LogP contribution in [0.5, 0.6) is 0 Å². The van der Waals surface area contributed by atoms with Crippen LogP contribution < -0.4 is 5.32 Å². The topological polar surface area (TPSA) is 105 Å². The number of aromatic carboxylic acids is 1. The molecule has 0 fully saturated rings. The van der Waals surface area contributed by atoms with E-state index in [0.717, 1.165) is 11.3 Å². The van der Waals surface area contributed by atoms with Gasteiger partial charge in [-0.3, -0.25) is 10.1 Å². The molecule has 0 atom stereocenters. The molecule has 2 aromatic rings. The lowest BCUT2D eigenvalue weighted by atomic mass is 10.1. The maximum absolute atomic E-state index is 11.0. The summed E-state index contributed by atoms with van der Waals surface area (Å²) >= 11 is 0.949. The van der Waals surface area contributed by atoms with Crippen molar-refractivity contribution in [2.45, 2.75) is 6.42 Å². The van der Waals surface area contributed by atoms with Crippen LogP contribution in [0.2, 0.25) is 0 Å². The highest BCUT2D eigenvalue weighted by Crippen LogP contribution is 2.24. The molecule has 1 aromatic heterocycles. The van der Waals surface area contributed by atoms with E-state index >= 15 is 0 Å². The fraction of sp³-hybridized carbons (Fsp3) is 0.167. The van der Waals surface area contributed by atoms with E-state index in [1.807, 2.05) is 0 Å². The van der Waals surface area contributed by atoms with Crippen molar-refractivity contribution in [1.82, 2.24) is 4.98 Å². The molecule has 0 saturated heterocycles. The lowest BCUT2D eigenvalue weighted by Gasteiger charge is -2.06. The number of thiazole rings is 1. The van der Waals surface area contributed by atoms with Crippen LogP contribution in [0.1, 0.15) is 15.9 Å². The summed E-state index contributed by atoms with van der Waals surface area (Å²) in [6.45, 7) is 0.453. The molecule has 8 heteroatoms. The Balaban J connectivity index is 1.96. The summed E-state index contributed by atoms with van der Waals surface area (Å²) in [6.07, 6.45) is 1.69. The molecule has 7 nitrogen and oxygen atoms in total. The van der Waals surface area contributed by atoms with Gasteiger partial charge < -0.3 is 10.4 Å². The van der Waals surface area contributed by atoms with Crippen LogP contribution >= 0.6 is 11.3 Å². The summed E-state index contributed by atoms with van der Waals surface area (Å²) in [4.78, 5) is 24.9. The van der Waals surface area contributed by atoms with Gasteiger partial charge in [-0.15, -0.1) is 0 Å². The summed E-state index contributed by atoms with van der Waals surface area (Å²) in [5, 5.41) is 22.9. The lowest BCUT2D eigenvalue weighted by Crippen LogP contribution is -2.08. The zero-order chi connectivity index (χ0) is 14.5. The monoisotopic (exact) mass is 293 g/mol. The van der Waals surface area contributed by atoms with Crippen LogP contribution in [0.25, 0.3) is 0 Å². The van der Waals surface area contributed by atoms with E-state index in [4.69, 9.17) is 5.11 Å². The molecular weight excluding hydrogens is 282 g/mol. The second-order valence-electron chi connectivity index (χ2n) is 3.90. The molecule has 2 N–H and O–H groups in total. The molecule has 2 rings (SSSR count). The maximum atomic E-state index is 11.0. The summed E-state index contributed by atoms with van der Waals surface area (Å²) in [5.41, 5.74) is 0.970. The van der Waals surface area contributed by atoms with Gasteiger partial charge in [0.05, 0.1) is 10.5 Å². The zero-order valence-electron chi connectivity index (χ0n) is 10.3. The minimum atomic E-state index is -0.967. The number of aromatic nitrogens is 1. The van der Waals surface area contributed by atoms with Crippen molar-refractivity contribution < 1.29 is 14.8 Å². The van der Waals surface area contributed by atoms with Gasteiger partial charge in [0.15, 0.2) is 5.13 Å². The van der Waals surface area contributed by atoms with Gasteiger partial charge in [0.2, 0.25) is 0 Å². The second-order valence-corrected chi connectivity index (χ2v) is 4.91. The molecule has 1 aromatic carbocycles. The molecule has 0 aliphatic rings. The number of hydrogen-bond donors (Lipinski definition) is 2. The Hall–Kier alpha value is -2.48. The first-order valence-electron chi connectivity index (χ1n) is 5.73. The van der Waals surface area contributed by atoms with Crippen LogP contribution in [0.4, 0.5) is 10.1 Å². The minimum Gasteiger partial charge on any atom is -0.478 e. The Bertz CT molecular complexity index is 641. The Labute approximate surface area is 118 Å². The number of carboxylic acid groups (broad SMARTS) is 1. The fourth-order valence-electron chi connectivity index (χ4n) is 1.68. The van der Waals surface area contributed by atoms with Crippen LogP contribution in [0.15, 0.2) is 30.5 Å². The molecule has 104 valence electrons. The number of benzene rings is 1. The van der Waals surface area contributed by atoms with Gasteiger partial charge in [-0.25, -0.2) is 9.78 Å². The van der Waals surface area contributed by atoms with Crippen LogP contribution in [0, 0.1) is 10.1 Å². The normalized spacial score (nSPS) is 10.2. The quantitative estimate of drug-likeness (QED) is 0.626. The van der Waals surface area contributed by atoms with E-state index in [-0.39, 0.29) is 10.6 Å². The van der Waals surface area contributed by atoms with Gasteiger partial charge in [0.1, 0.15) is 6.20 Å². The number of rotatable bonds is 6. The number of nitrogens with one attached hydrogen (secondary N) is 1. The highest BCUT2D eigenvalue weighted by Gasteiger charge is 2.12. The number of nitro groups is 1. The maximum Gasteiger partial charge on any atom is 0.345 e. The van der Waals surface area contributed by atoms with E-state index in [9.17, 15) is 14.9 Å². The van der Waals surface area contributed by atoms with E-state index in [2.05, 4.69) is 10.3 Å². The van der Waals surface area contributed by atoms with Gasteiger partial charge in [-0.1, -0.05) is 18.2 Å². The number of carboxylic acids is 1. The molecule has 0 aliphatic heterocycles. The van der Waals surface area contributed by atoms with Crippen LogP contribution in [0.3, 0.4) is 0 Å². The van der Waals surface area contributed by atoms with Crippen LogP contribution in [-0.4, -0.2) is 27.5 Å². The molecule has 0 unspecified atom stereocenters. The average Bonchev–Trinajstić information content (AvgIpc) is 2.88. The minimum absolute atomic E-state index is 0.0292. The molecule has 0 amide bonds. The first-order chi connectivity index (χ1) is 9.58. The Kier molecular flexibility index (Phi) is 4.26. The van der Waals surface area contributed by atoms with E-state index in [1.165, 1.54) is 6.20 Å². The highest BCUT2D eigenvalue weighted by atomic mass is 32.1. The Morgan fingerprint density at radius 2 is 2.20 bits per heavy atom. The third kappa shape index (κ3) is 3.29. The van der Waals surface area contributed by atoms with Crippen molar-refractivity contribution in [2.24, 2.45) is 0 Å². The third-order valence-corrected chi connectivity index (χ3v) is 3.50. The molecule has 1 heterocycles. The van der Waals surface area contributed by atoms with Crippen molar-refractivity contribution in [1.29, 1.82) is 0 Å². The van der Waals surface area contributed by atoms with Crippen molar-refractivity contribution in [3.05, 3.63) is 51.7 Å². The standard InChI is InChI=1S/C12H11N3O4S/c16-11(17)9-4-2-1-3-8(9)5-6-13-12-14-7-10(20-12)15(18)19/h1-4,7H,5-6H2,(H,13,14)(H,16,17). The lowest BCUT2D eigenvalue weighted by molar-refractivity contribution is -0.380. The molecule has 0 bridgehead atoms. The SMILES string of the molecule is O=C(O)c1ccccc1CCNc1ncc([N+](=O)[O-])s1. The molecular formula is C12H11N3O4S. The summed E-state index contributed by atoms with van der Waals surface area (Å²) in [7, 11) is 0. The molecule has 0 saturated carbocycles. The largest absolute Gasteiger partial charge is 0.478 e. The van der Waals surface area contributed by atoms with Gasteiger partial charge in [0, 0.05) is 6.54 Å². The predicted molar refractivity (Wildman–Crippen MR) is 74.4 cm³/mol. The van der Waals surface area contributed by atoms with Gasteiger partial charge in [0.25, 0.3) is 0 Å². The van der Waals surface area contributed by atoms with E-state index in [0.29, 0.717) is 23.7 Å². The van der Waals surface area contributed by atoms with Gasteiger partial charge in [-0.2, -0.15) is 0 Å². The van der Waals surface area contributed by atoms with Gasteiger partial charge >= 0.3 is 11.0 Å². The number of anilines is 1. The number of nitrogens with zero attached hydrogens (tertiary/aromatic N) is 2. The van der Waals surface area contributed by atoms with E-state index < -0.39 is 10.9 Å². The van der Waals surface area contributed by atoms with Crippen molar-refractivity contribution in [3.63, 3.8) is 0 Å². The molecule has 20 heavy (non-hydrogen) atoms. The summed E-state index contributed by atoms with van der Waals surface area (Å²) in [5.74, 6) is -0.967. The molecule has 0 aliphatic carbocycles. The molecule has 0 spiro atoms. The van der Waals surface area contributed by atoms with Crippen molar-refractivity contribution in [2.75, 3.05) is 11.9 Å². The predicted octanol–water partition coefficient (Wildman–Crippen LogP) is 2.40. The Morgan fingerprint density at radius 3 is 2.85 bits per heavy atom. The number of carbonyl (C=O) groups is 1. The van der Waals surface area contributed by atoms with Crippen LogP contribution in [-0.2, 0) is 6.42 Å². The third-order valence-electron chi connectivity index (χ3n) is 2.59. The first-order valence-corrected chi connectivity index (χ1v) is 6.55. The number of hydrogen-bond acceptors (Lipinski definition) is 6. The molecule has 0 radical (unpaired) electrons. The van der Waals surface area contributed by atoms with E-state index in [1.54, 1.807) is 24.3 Å². The summed E-state index contributed by atoms with van der Waals surface area (Å²) in [6, 6.07) is 6.74. The second kappa shape index (κ2) is 6.11. The smallest absolute Gasteiger partial charge is 0.345 e. The highest BCUT2D eigenvalue weighted by molar-refractivity contribution is 7.18. The fourth-order valence-corrected chi connectivity index (χ4v) is 2.34. The Morgan fingerprint density at radius 1 is 1.45 bits per heavy atom. The summed E-state index contributed by atoms with van der Waals surface area (Å²) < 4.78 is 0. The van der Waals surface area contributed by atoms with Crippen molar-refractivity contribution >= 4 is 27.4 Å². The van der Waals surface area contributed by atoms with Crippen molar-refractivity contribution in [3.8, 4) is 0 Å². The zero-order valence-corrected chi connectivity index (χ0v) is 11.1. The first kappa shape index (κ1) is 13.9. The average molecular weight is 293 g/mol. The van der Waals surface area contributed by atoms with Gasteiger partial charge in [-0.05, 0) is 29.4 Å².